The molecule has 0 bridgehead atoms. The van der Waals surface area contributed by atoms with Gasteiger partial charge in [-0.3, -0.25) is 9.48 Å². The molecule has 136 valence electrons. The van der Waals surface area contributed by atoms with Crippen molar-refractivity contribution < 1.29 is 24.2 Å². The number of Topliss-reactive ketones (excluding diaryl/α,β-unsaturated/α-hetero) is 1. The molecule has 1 aromatic rings. The highest BCUT2D eigenvalue weighted by Crippen LogP contribution is 2.34. The summed E-state index contributed by atoms with van der Waals surface area (Å²) in [6.07, 6.45) is 8.52. The first-order valence-electron chi connectivity index (χ1n) is 8.11. The number of ether oxygens (including phenoxy) is 1. The van der Waals surface area contributed by atoms with E-state index in [4.69, 9.17) is 5.11 Å². The van der Waals surface area contributed by atoms with Crippen molar-refractivity contribution in [2.24, 2.45) is 5.92 Å². The summed E-state index contributed by atoms with van der Waals surface area (Å²) in [6, 6.07) is 0.461. The molecule has 0 amide bonds. The molecule has 2 aliphatic carbocycles. The van der Waals surface area contributed by atoms with Crippen molar-refractivity contribution in [3.05, 3.63) is 29.7 Å². The van der Waals surface area contributed by atoms with E-state index in [2.05, 4.69) is 9.84 Å². The van der Waals surface area contributed by atoms with Crippen molar-refractivity contribution in [1.29, 1.82) is 0 Å². The molecule has 3 rings (SSSR count). The highest BCUT2D eigenvalue weighted by atomic mass is 16.5. The van der Waals surface area contributed by atoms with Gasteiger partial charge in [-0.2, -0.15) is 5.10 Å². The molecule has 0 radical (unpaired) electrons. The van der Waals surface area contributed by atoms with E-state index in [1.165, 1.54) is 19.5 Å². The van der Waals surface area contributed by atoms with E-state index in [1.54, 1.807) is 29.9 Å². The molecule has 2 fully saturated rings. The van der Waals surface area contributed by atoms with Crippen LogP contribution in [0.4, 0.5) is 0 Å². The van der Waals surface area contributed by atoms with Crippen molar-refractivity contribution in [1.82, 2.24) is 14.7 Å². The molecule has 1 aromatic heterocycles. The first kappa shape index (κ1) is 18.7. The van der Waals surface area contributed by atoms with E-state index in [0.29, 0.717) is 6.04 Å². The molecule has 1 N–H and O–H groups in total. The number of hydrogen-bond donors (Lipinski definition) is 1. The Morgan fingerprint density at radius 1 is 1.28 bits per heavy atom. The van der Waals surface area contributed by atoms with Crippen LogP contribution in [0, 0.1) is 5.92 Å². The van der Waals surface area contributed by atoms with Gasteiger partial charge in [0.1, 0.15) is 5.57 Å². The Kier molecular flexibility index (Phi) is 5.95. The fourth-order valence-corrected chi connectivity index (χ4v) is 2.14. The van der Waals surface area contributed by atoms with Gasteiger partial charge in [0.05, 0.1) is 24.9 Å². The van der Waals surface area contributed by atoms with Crippen LogP contribution in [-0.2, 0) is 14.3 Å². The van der Waals surface area contributed by atoms with Crippen LogP contribution < -0.4 is 0 Å². The van der Waals surface area contributed by atoms with Gasteiger partial charge in [-0.15, -0.1) is 0 Å². The second-order valence-electron chi connectivity index (χ2n) is 6.38. The number of ketones is 1. The van der Waals surface area contributed by atoms with Gasteiger partial charge in [0, 0.05) is 32.4 Å². The third-order valence-electron chi connectivity index (χ3n) is 3.78. The number of aromatic nitrogens is 2. The number of carbonyl (C=O) groups excluding carboxylic acids is 2. The maximum Gasteiger partial charge on any atom is 0.342 e. The summed E-state index contributed by atoms with van der Waals surface area (Å²) in [4.78, 5) is 35.0. The van der Waals surface area contributed by atoms with Crippen molar-refractivity contribution in [2.45, 2.75) is 31.7 Å². The molecule has 2 aliphatic rings. The second-order valence-corrected chi connectivity index (χ2v) is 6.38. The quantitative estimate of drug-likeness (QED) is 0.359. The average Bonchev–Trinajstić information content (AvgIpc) is 3.50. The molecule has 8 nitrogen and oxygen atoms in total. The minimum atomic E-state index is -0.906. The average molecular weight is 349 g/mol. The molecule has 0 aliphatic heterocycles. The van der Waals surface area contributed by atoms with E-state index >= 15 is 0 Å². The third kappa shape index (κ3) is 5.44. The van der Waals surface area contributed by atoms with Crippen molar-refractivity contribution in [3.8, 4) is 0 Å². The number of hydrogen-bond acceptors (Lipinski definition) is 6. The van der Waals surface area contributed by atoms with E-state index in [-0.39, 0.29) is 22.8 Å². The second kappa shape index (κ2) is 7.96. The smallest absolute Gasteiger partial charge is 0.342 e. The maximum absolute atomic E-state index is 11.6. The Bertz CT molecular complexity index is 684. The number of methoxy groups -OCH3 is 1. The van der Waals surface area contributed by atoms with Crippen molar-refractivity contribution >= 4 is 17.7 Å². The molecule has 1 heterocycles. The first-order valence-corrected chi connectivity index (χ1v) is 8.11. The lowest BCUT2D eigenvalue weighted by molar-refractivity contribution is -0.138. The number of aromatic carboxylic acids is 1. The molecule has 8 heteroatoms. The molecule has 0 atom stereocenters. The van der Waals surface area contributed by atoms with Crippen LogP contribution in [0.2, 0.25) is 0 Å². The van der Waals surface area contributed by atoms with Gasteiger partial charge < -0.3 is 14.7 Å². The fraction of sp³-hybridized carbons (Fsp3) is 0.529. The topological polar surface area (TPSA) is 102 Å². The zero-order chi connectivity index (χ0) is 18.6. The molecule has 0 aromatic carbocycles. The van der Waals surface area contributed by atoms with Crippen molar-refractivity contribution in [2.75, 3.05) is 21.2 Å². The van der Waals surface area contributed by atoms with Gasteiger partial charge in [-0.25, -0.2) is 9.59 Å². The number of esters is 1. The van der Waals surface area contributed by atoms with Gasteiger partial charge in [-0.05, 0) is 25.7 Å². The summed E-state index contributed by atoms with van der Waals surface area (Å²) in [5, 5.41) is 12.5. The predicted molar refractivity (Wildman–Crippen MR) is 89.0 cm³/mol. The Morgan fingerprint density at radius 2 is 1.92 bits per heavy atom. The first-order chi connectivity index (χ1) is 11.8. The number of carboxylic acid groups (broad SMARTS) is 1. The van der Waals surface area contributed by atoms with Gasteiger partial charge in [-0.1, -0.05) is 0 Å². The number of carboxylic acids is 1. The van der Waals surface area contributed by atoms with E-state index in [1.807, 2.05) is 0 Å². The summed E-state index contributed by atoms with van der Waals surface area (Å²) < 4.78 is 6.28. The molecular weight excluding hydrogens is 326 g/mol. The SMILES string of the molecule is COC(=O)C(=CN(C)C)C(=O)C1CC1.O=C(O)c1cnn(C2CC2)c1. The van der Waals surface area contributed by atoms with Crippen LogP contribution in [0.5, 0.6) is 0 Å². The number of rotatable bonds is 6. The molecule has 0 spiro atoms. The minimum absolute atomic E-state index is 0.0419. The number of nitrogens with zero attached hydrogens (tertiary/aromatic N) is 3. The molecule has 0 saturated heterocycles. The Balaban J connectivity index is 0.000000185. The Labute approximate surface area is 146 Å². The fourth-order valence-electron chi connectivity index (χ4n) is 2.14. The van der Waals surface area contributed by atoms with E-state index < -0.39 is 11.9 Å². The minimum Gasteiger partial charge on any atom is -0.478 e. The van der Waals surface area contributed by atoms with Gasteiger partial charge in [0.2, 0.25) is 0 Å². The van der Waals surface area contributed by atoms with Crippen molar-refractivity contribution in [3.63, 3.8) is 0 Å². The lowest BCUT2D eigenvalue weighted by Crippen LogP contribution is -2.19. The summed E-state index contributed by atoms with van der Waals surface area (Å²) in [5.74, 6) is -1.50. The normalized spacial score (nSPS) is 16.5. The van der Waals surface area contributed by atoms with E-state index in [0.717, 1.165) is 25.7 Å². The largest absolute Gasteiger partial charge is 0.478 e. The number of carbonyl (C=O) groups is 3. The standard InChI is InChI=1S/C10H15NO3.C7H8N2O2/c1-11(2)6-8(10(13)14-3)9(12)7-4-5-7;10-7(11)5-3-8-9(4-5)6-1-2-6/h6-7H,4-5H2,1-3H3;3-4,6H,1-2H2,(H,10,11). The predicted octanol–water partition coefficient (Wildman–Crippen LogP) is 1.50. The zero-order valence-corrected chi connectivity index (χ0v) is 14.6. The molecule has 25 heavy (non-hydrogen) atoms. The molecule has 2 saturated carbocycles. The lowest BCUT2D eigenvalue weighted by atomic mass is 10.1. The monoisotopic (exact) mass is 349 g/mol. The lowest BCUT2D eigenvalue weighted by Gasteiger charge is -2.08. The third-order valence-corrected chi connectivity index (χ3v) is 3.78. The van der Waals surface area contributed by atoms with Gasteiger partial charge in [0.25, 0.3) is 0 Å². The van der Waals surface area contributed by atoms with Crippen LogP contribution >= 0.6 is 0 Å². The van der Waals surface area contributed by atoms with Crippen LogP contribution in [-0.4, -0.2) is 58.7 Å². The maximum atomic E-state index is 11.6. The Morgan fingerprint density at radius 3 is 2.32 bits per heavy atom. The Hall–Kier alpha value is -2.64. The highest BCUT2D eigenvalue weighted by molar-refractivity contribution is 6.18. The van der Waals surface area contributed by atoms with Gasteiger partial charge in [0.15, 0.2) is 5.78 Å². The molecule has 0 unspecified atom stereocenters. The van der Waals surface area contributed by atoms with Crippen LogP contribution in [0.1, 0.15) is 42.1 Å². The summed E-state index contributed by atoms with van der Waals surface area (Å²) in [7, 11) is 4.82. The zero-order valence-electron chi connectivity index (χ0n) is 14.6. The highest BCUT2D eigenvalue weighted by Gasteiger charge is 2.35. The summed E-state index contributed by atoms with van der Waals surface area (Å²) in [6.45, 7) is 0. The summed E-state index contributed by atoms with van der Waals surface area (Å²) in [5.41, 5.74) is 0.428. The van der Waals surface area contributed by atoms with Crippen LogP contribution in [0.15, 0.2) is 24.2 Å². The summed E-state index contributed by atoms with van der Waals surface area (Å²) >= 11 is 0. The van der Waals surface area contributed by atoms with E-state index in [9.17, 15) is 14.4 Å². The van der Waals surface area contributed by atoms with Gasteiger partial charge >= 0.3 is 11.9 Å². The van der Waals surface area contributed by atoms with Crippen LogP contribution in [0.3, 0.4) is 0 Å². The molecular formula is C17H23N3O5. The van der Waals surface area contributed by atoms with Crippen LogP contribution in [0.25, 0.3) is 0 Å².